The Kier molecular flexibility index (Phi) is 7.78. The van der Waals surface area contributed by atoms with E-state index in [0.717, 1.165) is 17.8 Å². The third kappa shape index (κ3) is 5.71. The molecular formula is C40H35N. The van der Waals surface area contributed by atoms with Gasteiger partial charge in [0, 0.05) is 17.3 Å². The van der Waals surface area contributed by atoms with Crippen LogP contribution in [0.25, 0.3) is 33.9 Å². The van der Waals surface area contributed by atoms with Crippen LogP contribution < -0.4 is 15.8 Å². The number of allylic oxidation sites excluding steroid dienone is 4. The summed E-state index contributed by atoms with van der Waals surface area (Å²) in [7, 11) is 0. The minimum absolute atomic E-state index is 0.277. The van der Waals surface area contributed by atoms with Gasteiger partial charge in [0.2, 0.25) is 0 Å². The maximum Gasteiger partial charge on any atom is 0.0390 e. The van der Waals surface area contributed by atoms with Crippen LogP contribution in [-0.4, -0.2) is 0 Å². The molecule has 0 aliphatic heterocycles. The van der Waals surface area contributed by atoms with Gasteiger partial charge >= 0.3 is 0 Å². The summed E-state index contributed by atoms with van der Waals surface area (Å²) < 4.78 is 0. The zero-order chi connectivity index (χ0) is 28.0. The van der Waals surface area contributed by atoms with Crippen LogP contribution in [0.5, 0.6) is 0 Å². The fraction of sp³-hybridized carbons (Fsp3) is 0.100. The molecule has 41 heavy (non-hydrogen) atoms. The minimum Gasteiger partial charge on any atom is -0.356 e. The van der Waals surface area contributed by atoms with E-state index < -0.39 is 0 Å². The first kappa shape index (κ1) is 26.3. The summed E-state index contributed by atoms with van der Waals surface area (Å²) in [5.41, 5.74) is 11.2. The predicted octanol–water partition coefficient (Wildman–Crippen LogP) is 9.41. The van der Waals surface area contributed by atoms with E-state index in [0.29, 0.717) is 0 Å². The second-order valence-corrected chi connectivity index (χ2v) is 10.6. The Hall–Kier alpha value is -4.88. The van der Waals surface area contributed by atoms with Crippen LogP contribution in [0.1, 0.15) is 31.7 Å². The lowest BCUT2D eigenvalue weighted by atomic mass is 9.78. The van der Waals surface area contributed by atoms with Crippen LogP contribution in [-0.2, 0) is 0 Å². The average Bonchev–Trinajstić information content (AvgIpc) is 3.05. The molecule has 0 saturated heterocycles. The Balaban J connectivity index is 1.39. The van der Waals surface area contributed by atoms with Gasteiger partial charge in [0.05, 0.1) is 0 Å². The molecule has 0 bridgehead atoms. The molecule has 5 aromatic rings. The van der Waals surface area contributed by atoms with Gasteiger partial charge in [-0.25, -0.2) is 0 Å². The van der Waals surface area contributed by atoms with Crippen molar-refractivity contribution in [3.05, 3.63) is 167 Å². The molecule has 0 radical (unpaired) electrons. The molecule has 1 N–H and O–H groups in total. The largest absolute Gasteiger partial charge is 0.356 e. The lowest BCUT2D eigenvalue weighted by Gasteiger charge is -2.26. The van der Waals surface area contributed by atoms with Gasteiger partial charge in [-0.3, -0.25) is 0 Å². The first-order chi connectivity index (χ1) is 20.2. The maximum absolute atomic E-state index is 3.66. The van der Waals surface area contributed by atoms with Crippen molar-refractivity contribution in [2.75, 3.05) is 5.32 Å². The Morgan fingerprint density at radius 2 is 1.32 bits per heavy atom. The summed E-state index contributed by atoms with van der Waals surface area (Å²) in [4.78, 5) is 0. The molecule has 1 heteroatoms. The zero-order valence-corrected chi connectivity index (χ0v) is 23.7. The Morgan fingerprint density at radius 3 is 2.05 bits per heavy atom. The molecule has 0 fully saturated rings. The molecule has 1 aliphatic rings. The van der Waals surface area contributed by atoms with Crippen LogP contribution in [0, 0.1) is 0 Å². The van der Waals surface area contributed by atoms with Crippen LogP contribution in [0.2, 0.25) is 0 Å². The molecule has 6 rings (SSSR count). The molecule has 1 nitrogen and oxygen atoms in total. The SMILES string of the molecule is C/C=c1/cccc/c1=C(/C)C1=CC=CCC1c1ccc(Nc2ccc(-c3ccccc3)cc2)cc1-c1ccccc1. The second kappa shape index (κ2) is 12.1. The van der Waals surface area contributed by atoms with E-state index in [2.05, 4.69) is 171 Å². The van der Waals surface area contributed by atoms with E-state index in [1.807, 2.05) is 0 Å². The van der Waals surface area contributed by atoms with Gasteiger partial charge in [-0.05, 0) is 93.9 Å². The standard InChI is InChI=1S/C40H35N/c1-3-30-14-10-11-19-36(30)29(2)37-20-12-13-21-38(37)39-27-26-35(28-40(39)33-17-8-5-9-18-33)41-34-24-22-32(23-25-34)31-15-6-4-7-16-31/h3-20,22-28,38,41H,21H2,1-2H3/b30-3-,36-29+. The van der Waals surface area contributed by atoms with E-state index >= 15 is 0 Å². The normalized spacial score (nSPS) is 15.8. The van der Waals surface area contributed by atoms with Gasteiger partial charge in [-0.2, -0.15) is 0 Å². The van der Waals surface area contributed by atoms with Gasteiger partial charge in [-0.1, -0.05) is 127 Å². The van der Waals surface area contributed by atoms with Crippen LogP contribution in [0.3, 0.4) is 0 Å². The number of nitrogens with one attached hydrogen (secondary N) is 1. The molecule has 0 heterocycles. The summed E-state index contributed by atoms with van der Waals surface area (Å²) in [6.07, 6.45) is 10.0. The van der Waals surface area contributed by atoms with Crippen molar-refractivity contribution in [2.45, 2.75) is 26.2 Å². The van der Waals surface area contributed by atoms with Crippen molar-refractivity contribution < 1.29 is 0 Å². The molecule has 1 aliphatic carbocycles. The molecule has 0 saturated carbocycles. The van der Waals surface area contributed by atoms with E-state index in [1.54, 1.807) is 0 Å². The Morgan fingerprint density at radius 1 is 0.683 bits per heavy atom. The number of rotatable bonds is 6. The van der Waals surface area contributed by atoms with Gasteiger partial charge in [-0.15, -0.1) is 0 Å². The molecule has 200 valence electrons. The third-order valence-corrected chi connectivity index (χ3v) is 8.06. The van der Waals surface area contributed by atoms with Crippen molar-refractivity contribution in [1.82, 2.24) is 0 Å². The first-order valence-electron chi connectivity index (χ1n) is 14.4. The van der Waals surface area contributed by atoms with E-state index in [-0.39, 0.29) is 5.92 Å². The fourth-order valence-corrected chi connectivity index (χ4v) is 5.90. The number of hydrogen-bond acceptors (Lipinski definition) is 1. The van der Waals surface area contributed by atoms with Crippen LogP contribution >= 0.6 is 0 Å². The second-order valence-electron chi connectivity index (χ2n) is 10.6. The number of benzene rings is 5. The highest BCUT2D eigenvalue weighted by Gasteiger charge is 2.23. The predicted molar refractivity (Wildman–Crippen MR) is 177 cm³/mol. The van der Waals surface area contributed by atoms with Crippen molar-refractivity contribution in [3.63, 3.8) is 0 Å². The van der Waals surface area contributed by atoms with Crippen molar-refractivity contribution in [2.24, 2.45) is 0 Å². The number of hydrogen-bond donors (Lipinski definition) is 1. The van der Waals surface area contributed by atoms with Crippen LogP contribution in [0.15, 0.2) is 151 Å². The van der Waals surface area contributed by atoms with Gasteiger partial charge in [0.25, 0.3) is 0 Å². The molecule has 0 aromatic heterocycles. The van der Waals surface area contributed by atoms with Crippen molar-refractivity contribution in [1.29, 1.82) is 0 Å². The Bertz CT molecular complexity index is 1830. The summed E-state index contributed by atoms with van der Waals surface area (Å²) in [6.45, 7) is 4.39. The molecule has 1 atom stereocenters. The smallest absolute Gasteiger partial charge is 0.0390 e. The van der Waals surface area contributed by atoms with E-state index in [1.165, 1.54) is 49.4 Å². The van der Waals surface area contributed by atoms with Gasteiger partial charge < -0.3 is 5.32 Å². The third-order valence-electron chi connectivity index (χ3n) is 8.06. The van der Waals surface area contributed by atoms with Gasteiger partial charge in [0.15, 0.2) is 0 Å². The highest BCUT2D eigenvalue weighted by Crippen LogP contribution is 2.41. The van der Waals surface area contributed by atoms with Crippen molar-refractivity contribution in [3.8, 4) is 22.3 Å². The summed E-state index contributed by atoms with van der Waals surface area (Å²) in [5.74, 6) is 0.277. The fourth-order valence-electron chi connectivity index (χ4n) is 5.90. The molecule has 0 amide bonds. The number of anilines is 2. The Labute approximate surface area is 243 Å². The van der Waals surface area contributed by atoms with Crippen molar-refractivity contribution >= 4 is 23.0 Å². The lowest BCUT2D eigenvalue weighted by Crippen LogP contribution is -2.27. The average molecular weight is 530 g/mol. The lowest BCUT2D eigenvalue weighted by molar-refractivity contribution is 0.822. The maximum atomic E-state index is 3.66. The van der Waals surface area contributed by atoms with Crippen LogP contribution in [0.4, 0.5) is 11.4 Å². The van der Waals surface area contributed by atoms with Gasteiger partial charge in [0.1, 0.15) is 0 Å². The minimum atomic E-state index is 0.277. The quantitative estimate of drug-likeness (QED) is 0.231. The van der Waals surface area contributed by atoms with E-state index in [4.69, 9.17) is 0 Å². The highest BCUT2D eigenvalue weighted by molar-refractivity contribution is 5.78. The molecule has 0 spiro atoms. The molecular weight excluding hydrogens is 494 g/mol. The summed E-state index contributed by atoms with van der Waals surface area (Å²) in [5, 5.41) is 6.24. The topological polar surface area (TPSA) is 12.0 Å². The molecule has 1 unspecified atom stereocenters. The summed E-state index contributed by atoms with van der Waals surface area (Å²) in [6, 6.07) is 45.5. The van der Waals surface area contributed by atoms with E-state index in [9.17, 15) is 0 Å². The highest BCUT2D eigenvalue weighted by atomic mass is 14.9. The first-order valence-corrected chi connectivity index (χ1v) is 14.4. The monoisotopic (exact) mass is 529 g/mol. The summed E-state index contributed by atoms with van der Waals surface area (Å²) >= 11 is 0. The zero-order valence-electron chi connectivity index (χ0n) is 23.7. The molecule has 5 aromatic carbocycles.